The molecule has 106 valence electrons. The Labute approximate surface area is 114 Å². The molecule has 1 fully saturated rings. The fourth-order valence-corrected chi connectivity index (χ4v) is 1.87. The first-order chi connectivity index (χ1) is 8.87. The second-order valence-corrected chi connectivity index (χ2v) is 6.11. The van der Waals surface area contributed by atoms with E-state index in [9.17, 15) is 4.79 Å². The molecular formula is C14H23N3O2. The second kappa shape index (κ2) is 5.33. The van der Waals surface area contributed by atoms with Gasteiger partial charge in [-0.25, -0.2) is 4.98 Å². The van der Waals surface area contributed by atoms with E-state index >= 15 is 0 Å². The molecule has 1 aromatic rings. The van der Waals surface area contributed by atoms with Crippen molar-refractivity contribution in [2.24, 2.45) is 7.05 Å². The smallest absolute Gasteiger partial charge is 0.249 e. The third-order valence-corrected chi connectivity index (χ3v) is 3.17. The van der Waals surface area contributed by atoms with Gasteiger partial charge in [-0.15, -0.1) is 0 Å². The van der Waals surface area contributed by atoms with Crippen LogP contribution in [0.25, 0.3) is 0 Å². The fourth-order valence-electron chi connectivity index (χ4n) is 1.87. The zero-order valence-electron chi connectivity index (χ0n) is 12.2. The van der Waals surface area contributed by atoms with E-state index in [1.165, 1.54) is 0 Å². The standard InChI is InChI=1S/C14H23N3O2/c1-14(2,3)19-10-13(18)17(11-5-6-11)9-12-15-7-8-16(12)4/h7-8,11H,5-6,9-10H2,1-4H3. The van der Waals surface area contributed by atoms with Gasteiger partial charge in [0.1, 0.15) is 12.4 Å². The number of aryl methyl sites for hydroxylation is 1. The van der Waals surface area contributed by atoms with E-state index in [2.05, 4.69) is 4.98 Å². The molecule has 1 saturated carbocycles. The molecule has 0 N–H and O–H groups in total. The number of amides is 1. The van der Waals surface area contributed by atoms with Gasteiger partial charge in [0.15, 0.2) is 0 Å². The van der Waals surface area contributed by atoms with Crippen LogP contribution in [-0.4, -0.2) is 38.6 Å². The molecule has 0 spiro atoms. The van der Waals surface area contributed by atoms with Crippen LogP contribution in [-0.2, 0) is 23.1 Å². The van der Waals surface area contributed by atoms with Crippen LogP contribution in [0.1, 0.15) is 39.4 Å². The molecule has 0 bridgehead atoms. The van der Waals surface area contributed by atoms with Gasteiger partial charge in [-0.2, -0.15) is 0 Å². The summed E-state index contributed by atoms with van der Waals surface area (Å²) < 4.78 is 7.53. The molecule has 1 aromatic heterocycles. The van der Waals surface area contributed by atoms with Gasteiger partial charge in [0.05, 0.1) is 12.1 Å². The molecule has 0 radical (unpaired) electrons. The summed E-state index contributed by atoms with van der Waals surface area (Å²) in [5, 5.41) is 0. The minimum absolute atomic E-state index is 0.0559. The Morgan fingerprint density at radius 3 is 2.68 bits per heavy atom. The SMILES string of the molecule is Cn1ccnc1CN(C(=O)COC(C)(C)C)C1CC1. The quantitative estimate of drug-likeness (QED) is 0.814. The summed E-state index contributed by atoms with van der Waals surface area (Å²) in [6.45, 7) is 6.59. The summed E-state index contributed by atoms with van der Waals surface area (Å²) in [5.74, 6) is 0.969. The maximum absolute atomic E-state index is 12.3. The molecule has 5 heteroatoms. The summed E-state index contributed by atoms with van der Waals surface area (Å²) in [6, 6.07) is 0.368. The molecule has 0 unspecified atom stereocenters. The van der Waals surface area contributed by atoms with Crippen LogP contribution in [0.2, 0.25) is 0 Å². The lowest BCUT2D eigenvalue weighted by molar-refractivity contribution is -0.142. The van der Waals surface area contributed by atoms with E-state index in [0.29, 0.717) is 12.6 Å². The zero-order chi connectivity index (χ0) is 14.0. The maximum Gasteiger partial charge on any atom is 0.249 e. The Hall–Kier alpha value is -1.36. The van der Waals surface area contributed by atoms with Crippen LogP contribution < -0.4 is 0 Å². The summed E-state index contributed by atoms with van der Waals surface area (Å²) in [7, 11) is 1.95. The van der Waals surface area contributed by atoms with Crippen molar-refractivity contribution in [3.8, 4) is 0 Å². The lowest BCUT2D eigenvalue weighted by Crippen LogP contribution is -2.38. The van der Waals surface area contributed by atoms with Gasteiger partial charge in [0, 0.05) is 25.5 Å². The normalized spacial score (nSPS) is 15.6. The Morgan fingerprint density at radius 1 is 1.53 bits per heavy atom. The summed E-state index contributed by atoms with van der Waals surface area (Å²) in [4.78, 5) is 18.5. The van der Waals surface area contributed by atoms with Gasteiger partial charge in [-0.1, -0.05) is 0 Å². The number of imidazole rings is 1. The van der Waals surface area contributed by atoms with E-state index < -0.39 is 0 Å². The van der Waals surface area contributed by atoms with Crippen LogP contribution in [0.15, 0.2) is 12.4 Å². The van der Waals surface area contributed by atoms with Crippen molar-refractivity contribution in [1.29, 1.82) is 0 Å². The van der Waals surface area contributed by atoms with Crippen molar-refractivity contribution in [2.75, 3.05) is 6.61 Å². The molecule has 0 saturated heterocycles. The van der Waals surface area contributed by atoms with Gasteiger partial charge in [0.25, 0.3) is 0 Å². The lowest BCUT2D eigenvalue weighted by Gasteiger charge is -2.25. The topological polar surface area (TPSA) is 47.4 Å². The van der Waals surface area contributed by atoms with Crippen LogP contribution in [0, 0.1) is 0 Å². The third kappa shape index (κ3) is 4.06. The Morgan fingerprint density at radius 2 is 2.21 bits per heavy atom. The number of hydrogen-bond donors (Lipinski definition) is 0. The lowest BCUT2D eigenvalue weighted by atomic mass is 10.2. The summed E-state index contributed by atoms with van der Waals surface area (Å²) in [6.07, 6.45) is 5.84. The highest BCUT2D eigenvalue weighted by atomic mass is 16.5. The predicted octanol–water partition coefficient (Wildman–Crippen LogP) is 1.73. The number of ether oxygens (including phenoxy) is 1. The van der Waals surface area contributed by atoms with Crippen molar-refractivity contribution in [1.82, 2.24) is 14.5 Å². The molecule has 0 aromatic carbocycles. The summed E-state index contributed by atoms with van der Waals surface area (Å²) >= 11 is 0. The average Bonchev–Trinajstić information content (AvgIpc) is 3.07. The van der Waals surface area contributed by atoms with Crippen molar-refractivity contribution < 1.29 is 9.53 Å². The first-order valence-electron chi connectivity index (χ1n) is 6.76. The fraction of sp³-hybridized carbons (Fsp3) is 0.714. The van der Waals surface area contributed by atoms with Crippen LogP contribution in [0.3, 0.4) is 0 Å². The van der Waals surface area contributed by atoms with E-state index in [4.69, 9.17) is 4.74 Å². The molecule has 19 heavy (non-hydrogen) atoms. The number of rotatable bonds is 5. The van der Waals surface area contributed by atoms with Gasteiger partial charge in [-0.3, -0.25) is 4.79 Å². The van der Waals surface area contributed by atoms with E-state index in [1.54, 1.807) is 6.20 Å². The summed E-state index contributed by atoms with van der Waals surface area (Å²) in [5.41, 5.74) is -0.284. The largest absolute Gasteiger partial charge is 0.366 e. The second-order valence-electron chi connectivity index (χ2n) is 6.11. The van der Waals surface area contributed by atoms with E-state index in [1.807, 2.05) is 43.5 Å². The zero-order valence-corrected chi connectivity index (χ0v) is 12.2. The molecule has 2 rings (SSSR count). The van der Waals surface area contributed by atoms with Gasteiger partial charge < -0.3 is 14.2 Å². The molecule has 1 aliphatic rings. The van der Waals surface area contributed by atoms with Gasteiger partial charge >= 0.3 is 0 Å². The van der Waals surface area contributed by atoms with Gasteiger partial charge in [0.2, 0.25) is 5.91 Å². The van der Waals surface area contributed by atoms with Crippen LogP contribution >= 0.6 is 0 Å². The molecule has 0 atom stereocenters. The number of aromatic nitrogens is 2. The van der Waals surface area contributed by atoms with Crippen molar-refractivity contribution >= 4 is 5.91 Å². The van der Waals surface area contributed by atoms with Crippen molar-refractivity contribution in [2.45, 2.75) is 51.8 Å². The predicted molar refractivity (Wildman–Crippen MR) is 72.5 cm³/mol. The first-order valence-corrected chi connectivity index (χ1v) is 6.76. The van der Waals surface area contributed by atoms with E-state index in [0.717, 1.165) is 18.7 Å². The van der Waals surface area contributed by atoms with Gasteiger partial charge in [-0.05, 0) is 33.6 Å². The van der Waals surface area contributed by atoms with Crippen molar-refractivity contribution in [3.63, 3.8) is 0 Å². The number of nitrogens with zero attached hydrogens (tertiary/aromatic N) is 3. The van der Waals surface area contributed by atoms with Crippen LogP contribution in [0.5, 0.6) is 0 Å². The average molecular weight is 265 g/mol. The molecule has 1 heterocycles. The molecule has 1 aliphatic carbocycles. The highest BCUT2D eigenvalue weighted by Gasteiger charge is 2.33. The minimum atomic E-state index is -0.284. The number of hydrogen-bond acceptors (Lipinski definition) is 3. The first kappa shape index (κ1) is 14.1. The maximum atomic E-state index is 12.3. The highest BCUT2D eigenvalue weighted by Crippen LogP contribution is 2.28. The van der Waals surface area contributed by atoms with Crippen LogP contribution in [0.4, 0.5) is 0 Å². The monoisotopic (exact) mass is 265 g/mol. The molecular weight excluding hydrogens is 242 g/mol. The van der Waals surface area contributed by atoms with E-state index in [-0.39, 0.29) is 18.1 Å². The Kier molecular flexibility index (Phi) is 3.94. The minimum Gasteiger partial charge on any atom is -0.366 e. The number of carbonyl (C=O) groups excluding carboxylic acids is 1. The number of carbonyl (C=O) groups is 1. The molecule has 0 aliphatic heterocycles. The third-order valence-electron chi connectivity index (χ3n) is 3.17. The molecule has 1 amide bonds. The Bertz CT molecular complexity index is 444. The highest BCUT2D eigenvalue weighted by molar-refractivity contribution is 5.78. The van der Waals surface area contributed by atoms with Crippen molar-refractivity contribution in [3.05, 3.63) is 18.2 Å². The molecule has 5 nitrogen and oxygen atoms in total. The Balaban J connectivity index is 1.96.